The second kappa shape index (κ2) is 8.49. The third-order valence-electron chi connectivity index (χ3n) is 3.74. The van der Waals surface area contributed by atoms with Gasteiger partial charge in [-0.25, -0.2) is 14.4 Å². The molecule has 0 unspecified atom stereocenters. The molecule has 2 aromatic carbocycles. The summed E-state index contributed by atoms with van der Waals surface area (Å²) in [7, 11) is 1.65. The van der Waals surface area contributed by atoms with Crippen LogP contribution in [0, 0.1) is 5.82 Å². The molecule has 134 valence electrons. The molecule has 0 saturated heterocycles. The number of rotatable bonds is 7. The van der Waals surface area contributed by atoms with E-state index in [4.69, 9.17) is 16.3 Å². The number of anilines is 3. The number of nitrogens with zero attached hydrogens (tertiary/aromatic N) is 2. The summed E-state index contributed by atoms with van der Waals surface area (Å²) in [5, 5.41) is 6.39. The van der Waals surface area contributed by atoms with Gasteiger partial charge in [0.15, 0.2) is 0 Å². The van der Waals surface area contributed by atoms with E-state index >= 15 is 0 Å². The minimum absolute atomic E-state index is 0.0573. The zero-order valence-corrected chi connectivity index (χ0v) is 14.9. The van der Waals surface area contributed by atoms with Crippen LogP contribution in [0.1, 0.15) is 5.56 Å². The average Bonchev–Trinajstić information content (AvgIpc) is 2.66. The first-order valence-corrected chi connectivity index (χ1v) is 8.43. The molecule has 26 heavy (non-hydrogen) atoms. The third-order valence-corrected chi connectivity index (χ3v) is 4.03. The van der Waals surface area contributed by atoms with Crippen molar-refractivity contribution in [2.75, 3.05) is 24.3 Å². The van der Waals surface area contributed by atoms with Gasteiger partial charge in [-0.2, -0.15) is 0 Å². The van der Waals surface area contributed by atoms with E-state index in [0.29, 0.717) is 17.3 Å². The zero-order valence-electron chi connectivity index (χ0n) is 14.2. The maximum atomic E-state index is 13.2. The zero-order chi connectivity index (χ0) is 18.4. The summed E-state index contributed by atoms with van der Waals surface area (Å²) in [6.45, 7) is 0.727. The van der Waals surface area contributed by atoms with Gasteiger partial charge in [-0.05, 0) is 42.3 Å². The molecular formula is C19H18ClFN4O. The number of ether oxygens (including phenoxy) is 1. The van der Waals surface area contributed by atoms with Gasteiger partial charge in [0, 0.05) is 18.3 Å². The number of halogens is 2. The molecule has 0 spiro atoms. The summed E-state index contributed by atoms with van der Waals surface area (Å²) >= 11 is 5.79. The molecule has 3 rings (SSSR count). The van der Waals surface area contributed by atoms with Crippen molar-refractivity contribution in [1.82, 2.24) is 9.97 Å². The van der Waals surface area contributed by atoms with Crippen LogP contribution in [0.4, 0.5) is 21.7 Å². The van der Waals surface area contributed by atoms with E-state index in [1.807, 2.05) is 24.3 Å². The van der Waals surface area contributed by atoms with Gasteiger partial charge < -0.3 is 15.4 Å². The summed E-state index contributed by atoms with van der Waals surface area (Å²) < 4.78 is 18.4. The first kappa shape index (κ1) is 17.9. The molecule has 0 aliphatic rings. The van der Waals surface area contributed by atoms with Crippen LogP contribution in [0.25, 0.3) is 0 Å². The van der Waals surface area contributed by atoms with Gasteiger partial charge in [-0.15, -0.1) is 0 Å². The van der Waals surface area contributed by atoms with Crippen LogP contribution < -0.4 is 15.4 Å². The minimum Gasteiger partial charge on any atom is -0.497 e. The van der Waals surface area contributed by atoms with E-state index in [2.05, 4.69) is 20.6 Å². The van der Waals surface area contributed by atoms with Gasteiger partial charge >= 0.3 is 0 Å². The Morgan fingerprint density at radius 3 is 2.54 bits per heavy atom. The van der Waals surface area contributed by atoms with E-state index in [-0.39, 0.29) is 5.02 Å². The number of hydrogen-bond donors (Lipinski definition) is 2. The molecule has 7 heteroatoms. The predicted molar refractivity (Wildman–Crippen MR) is 102 cm³/mol. The van der Waals surface area contributed by atoms with Crippen LogP contribution in [0.3, 0.4) is 0 Å². The fraction of sp³-hybridized carbons (Fsp3) is 0.158. The van der Waals surface area contributed by atoms with Crippen molar-refractivity contribution in [2.24, 2.45) is 0 Å². The lowest BCUT2D eigenvalue weighted by atomic mass is 10.1. The molecule has 1 heterocycles. The van der Waals surface area contributed by atoms with Crippen molar-refractivity contribution in [2.45, 2.75) is 6.42 Å². The van der Waals surface area contributed by atoms with Crippen molar-refractivity contribution in [3.63, 3.8) is 0 Å². The Labute approximate surface area is 156 Å². The summed E-state index contributed by atoms with van der Waals surface area (Å²) in [5.74, 6) is 1.67. The highest BCUT2D eigenvalue weighted by molar-refractivity contribution is 6.31. The van der Waals surface area contributed by atoms with Crippen molar-refractivity contribution in [3.8, 4) is 5.75 Å². The van der Waals surface area contributed by atoms with Gasteiger partial charge in [0.2, 0.25) is 0 Å². The van der Waals surface area contributed by atoms with Crippen LogP contribution in [0.15, 0.2) is 54.9 Å². The lowest BCUT2D eigenvalue weighted by Crippen LogP contribution is -2.07. The molecule has 5 nitrogen and oxygen atoms in total. The second-order valence-electron chi connectivity index (χ2n) is 5.57. The topological polar surface area (TPSA) is 59.1 Å². The number of nitrogens with one attached hydrogen (secondary N) is 2. The molecule has 2 N–H and O–H groups in total. The summed E-state index contributed by atoms with van der Waals surface area (Å²) in [4.78, 5) is 8.36. The maximum Gasteiger partial charge on any atom is 0.141 e. The summed E-state index contributed by atoms with van der Waals surface area (Å²) in [6, 6.07) is 14.1. The average molecular weight is 373 g/mol. The van der Waals surface area contributed by atoms with Crippen molar-refractivity contribution >= 4 is 28.9 Å². The Morgan fingerprint density at radius 2 is 1.81 bits per heavy atom. The van der Waals surface area contributed by atoms with E-state index in [9.17, 15) is 4.39 Å². The van der Waals surface area contributed by atoms with Crippen LogP contribution in [0.2, 0.25) is 5.02 Å². The third kappa shape index (κ3) is 4.83. The van der Waals surface area contributed by atoms with Crippen LogP contribution in [0.5, 0.6) is 5.75 Å². The normalized spacial score (nSPS) is 10.4. The highest BCUT2D eigenvalue weighted by atomic mass is 35.5. The van der Waals surface area contributed by atoms with Gasteiger partial charge in [-0.1, -0.05) is 23.7 Å². The highest BCUT2D eigenvalue weighted by Gasteiger charge is 2.03. The molecule has 0 aliphatic heterocycles. The Bertz CT molecular complexity index is 874. The molecule has 0 aliphatic carbocycles. The molecular weight excluding hydrogens is 355 g/mol. The highest BCUT2D eigenvalue weighted by Crippen LogP contribution is 2.22. The number of aromatic nitrogens is 2. The quantitative estimate of drug-likeness (QED) is 0.630. The smallest absolute Gasteiger partial charge is 0.141 e. The molecule has 0 fully saturated rings. The molecule has 0 atom stereocenters. The standard InChI is InChI=1S/C19H18ClFN4O/c1-26-15-5-2-13(3-6-15)8-9-22-18-11-19(24-12-23-18)25-14-4-7-17(21)16(20)10-14/h2-7,10-12H,8-9H2,1H3,(H2,22,23,24,25). The van der Waals surface area contributed by atoms with Gasteiger partial charge in [-0.3, -0.25) is 0 Å². The summed E-state index contributed by atoms with van der Waals surface area (Å²) in [5.41, 5.74) is 1.85. The SMILES string of the molecule is COc1ccc(CCNc2cc(Nc3ccc(F)c(Cl)c3)ncn2)cc1. The molecule has 3 aromatic rings. The lowest BCUT2D eigenvalue weighted by Gasteiger charge is -2.09. The second-order valence-corrected chi connectivity index (χ2v) is 5.97. The van der Waals surface area contributed by atoms with E-state index < -0.39 is 5.82 Å². The van der Waals surface area contributed by atoms with Crippen LogP contribution >= 0.6 is 11.6 Å². The fourth-order valence-electron chi connectivity index (χ4n) is 2.37. The van der Waals surface area contributed by atoms with Crippen LogP contribution in [-0.2, 0) is 6.42 Å². The summed E-state index contributed by atoms with van der Waals surface area (Å²) in [6.07, 6.45) is 2.31. The Hall–Kier alpha value is -2.86. The van der Waals surface area contributed by atoms with Crippen LogP contribution in [-0.4, -0.2) is 23.6 Å². The molecule has 0 amide bonds. The minimum atomic E-state index is -0.458. The fourth-order valence-corrected chi connectivity index (χ4v) is 2.55. The van der Waals surface area contributed by atoms with Crippen molar-refractivity contribution < 1.29 is 9.13 Å². The van der Waals surface area contributed by atoms with Crippen molar-refractivity contribution in [1.29, 1.82) is 0 Å². The number of benzene rings is 2. The van der Waals surface area contributed by atoms with Gasteiger partial charge in [0.1, 0.15) is 29.5 Å². The van der Waals surface area contributed by atoms with E-state index in [0.717, 1.165) is 18.7 Å². The first-order chi connectivity index (χ1) is 12.6. The molecule has 0 saturated carbocycles. The molecule has 0 radical (unpaired) electrons. The van der Waals surface area contributed by atoms with Gasteiger partial charge in [0.05, 0.1) is 12.1 Å². The number of hydrogen-bond acceptors (Lipinski definition) is 5. The Morgan fingerprint density at radius 1 is 1.04 bits per heavy atom. The predicted octanol–water partition coefficient (Wildman–Crippen LogP) is 4.68. The Balaban J connectivity index is 1.57. The number of methoxy groups -OCH3 is 1. The van der Waals surface area contributed by atoms with Gasteiger partial charge in [0.25, 0.3) is 0 Å². The maximum absolute atomic E-state index is 13.2. The first-order valence-electron chi connectivity index (χ1n) is 8.05. The Kier molecular flexibility index (Phi) is 5.86. The largest absolute Gasteiger partial charge is 0.497 e. The van der Waals surface area contributed by atoms with E-state index in [1.54, 1.807) is 19.2 Å². The molecule has 1 aromatic heterocycles. The molecule has 0 bridgehead atoms. The lowest BCUT2D eigenvalue weighted by molar-refractivity contribution is 0.414. The monoisotopic (exact) mass is 372 g/mol. The van der Waals surface area contributed by atoms with E-state index in [1.165, 1.54) is 24.0 Å². The van der Waals surface area contributed by atoms with Crippen molar-refractivity contribution in [3.05, 3.63) is 71.3 Å².